The van der Waals surface area contributed by atoms with Crippen LogP contribution in [0.4, 0.5) is 0 Å². The van der Waals surface area contributed by atoms with Crippen LogP contribution in [0.5, 0.6) is 0 Å². The van der Waals surface area contributed by atoms with Crippen molar-refractivity contribution >= 4 is 11.6 Å². The maximum Gasteiger partial charge on any atom is 0.0847 e. The van der Waals surface area contributed by atoms with Gasteiger partial charge in [0.1, 0.15) is 0 Å². The van der Waals surface area contributed by atoms with Crippen molar-refractivity contribution in [2.45, 2.75) is 45.8 Å². The lowest BCUT2D eigenvalue weighted by molar-refractivity contribution is 0.0825. The van der Waals surface area contributed by atoms with Crippen LogP contribution in [0.25, 0.3) is 0 Å². The zero-order chi connectivity index (χ0) is 13.7. The first-order chi connectivity index (χ1) is 8.51. The van der Waals surface area contributed by atoms with Crippen molar-refractivity contribution in [2.24, 2.45) is 7.05 Å². The molecule has 0 saturated heterocycles. The van der Waals surface area contributed by atoms with Crippen molar-refractivity contribution in [3.8, 4) is 0 Å². The molecule has 1 N–H and O–H groups in total. The first kappa shape index (κ1) is 15.5. The Labute approximate surface area is 115 Å². The molecule has 18 heavy (non-hydrogen) atoms. The third-order valence-corrected chi connectivity index (χ3v) is 3.76. The highest BCUT2D eigenvalue weighted by Gasteiger charge is 2.21. The Kier molecular flexibility index (Phi) is 6.12. The van der Waals surface area contributed by atoms with E-state index in [1.165, 1.54) is 0 Å². The minimum Gasteiger partial charge on any atom is -0.380 e. The average Bonchev–Trinajstić information content (AvgIpc) is 2.59. The summed E-state index contributed by atoms with van der Waals surface area (Å²) in [7, 11) is 3.67. The predicted molar refractivity (Wildman–Crippen MR) is 75.2 cm³/mol. The van der Waals surface area contributed by atoms with Gasteiger partial charge in [-0.25, -0.2) is 0 Å². The Balaban J connectivity index is 2.81. The van der Waals surface area contributed by atoms with Gasteiger partial charge in [0.15, 0.2) is 0 Å². The summed E-state index contributed by atoms with van der Waals surface area (Å²) >= 11 is 6.29. The number of rotatable bonds is 7. The summed E-state index contributed by atoms with van der Waals surface area (Å²) in [4.78, 5) is 0. The van der Waals surface area contributed by atoms with Gasteiger partial charge in [-0.1, -0.05) is 18.5 Å². The molecule has 2 unspecified atom stereocenters. The number of hydrogen-bond acceptors (Lipinski definition) is 3. The van der Waals surface area contributed by atoms with Crippen LogP contribution < -0.4 is 5.32 Å². The van der Waals surface area contributed by atoms with Gasteiger partial charge in [-0.05, 0) is 26.8 Å². The molecule has 0 fully saturated rings. The van der Waals surface area contributed by atoms with Crippen LogP contribution in [0.3, 0.4) is 0 Å². The molecule has 4 nitrogen and oxygen atoms in total. The van der Waals surface area contributed by atoms with Crippen molar-refractivity contribution in [1.82, 2.24) is 15.1 Å². The molecule has 0 amide bonds. The number of halogens is 1. The third kappa shape index (κ3) is 3.70. The van der Waals surface area contributed by atoms with E-state index < -0.39 is 0 Å². The summed E-state index contributed by atoms with van der Waals surface area (Å²) in [5.74, 6) is 0. The molecule has 1 rings (SSSR count). The smallest absolute Gasteiger partial charge is 0.0847 e. The Morgan fingerprint density at radius 3 is 2.61 bits per heavy atom. The van der Waals surface area contributed by atoms with Crippen LogP contribution in [-0.4, -0.2) is 35.6 Å². The first-order valence-corrected chi connectivity index (χ1v) is 6.83. The van der Waals surface area contributed by atoms with E-state index in [1.54, 1.807) is 7.11 Å². The van der Waals surface area contributed by atoms with Gasteiger partial charge in [-0.2, -0.15) is 5.10 Å². The highest BCUT2D eigenvalue weighted by molar-refractivity contribution is 6.31. The van der Waals surface area contributed by atoms with E-state index >= 15 is 0 Å². The highest BCUT2D eigenvalue weighted by atomic mass is 35.5. The molecule has 0 aromatic carbocycles. The summed E-state index contributed by atoms with van der Waals surface area (Å²) < 4.78 is 7.29. The van der Waals surface area contributed by atoms with Gasteiger partial charge in [0.25, 0.3) is 0 Å². The molecule has 0 aliphatic heterocycles. The minimum atomic E-state index is 0.142. The number of hydrogen-bond donors (Lipinski definition) is 1. The molecular formula is C13H24ClN3O. The number of aryl methyl sites for hydroxylation is 2. The molecule has 0 aliphatic rings. The molecule has 5 heteroatoms. The van der Waals surface area contributed by atoms with E-state index in [1.807, 2.05) is 18.7 Å². The van der Waals surface area contributed by atoms with Gasteiger partial charge in [0.2, 0.25) is 0 Å². The van der Waals surface area contributed by atoms with Crippen LogP contribution >= 0.6 is 11.6 Å². The van der Waals surface area contributed by atoms with Gasteiger partial charge in [-0.3, -0.25) is 4.68 Å². The largest absolute Gasteiger partial charge is 0.380 e. The van der Waals surface area contributed by atoms with Crippen molar-refractivity contribution in [3.63, 3.8) is 0 Å². The fraction of sp³-hybridized carbons (Fsp3) is 0.769. The summed E-state index contributed by atoms with van der Waals surface area (Å²) in [6.07, 6.45) is 2.07. The number of nitrogens with one attached hydrogen (secondary N) is 1. The lowest BCUT2D eigenvalue weighted by Crippen LogP contribution is -2.41. The van der Waals surface area contributed by atoms with Gasteiger partial charge in [0, 0.05) is 26.6 Å². The number of nitrogens with zero attached hydrogens (tertiary/aromatic N) is 2. The fourth-order valence-electron chi connectivity index (χ4n) is 2.01. The maximum atomic E-state index is 6.29. The Morgan fingerprint density at radius 1 is 1.50 bits per heavy atom. The van der Waals surface area contributed by atoms with Gasteiger partial charge in [0.05, 0.1) is 22.5 Å². The van der Waals surface area contributed by atoms with E-state index in [4.69, 9.17) is 16.3 Å². The predicted octanol–water partition coefficient (Wildman–Crippen LogP) is 2.33. The van der Waals surface area contributed by atoms with Crippen molar-refractivity contribution < 1.29 is 4.74 Å². The Morgan fingerprint density at radius 2 is 2.17 bits per heavy atom. The van der Waals surface area contributed by atoms with E-state index in [-0.39, 0.29) is 12.1 Å². The van der Waals surface area contributed by atoms with Crippen LogP contribution in [-0.2, 0) is 18.2 Å². The van der Waals surface area contributed by atoms with E-state index in [0.29, 0.717) is 0 Å². The summed E-state index contributed by atoms with van der Waals surface area (Å²) in [6.45, 7) is 7.14. The molecule has 0 radical (unpaired) electrons. The molecule has 0 spiro atoms. The van der Waals surface area contributed by atoms with Crippen LogP contribution in [0.15, 0.2) is 0 Å². The van der Waals surface area contributed by atoms with Gasteiger partial charge in [-0.15, -0.1) is 0 Å². The lowest BCUT2D eigenvalue weighted by Gasteiger charge is -2.24. The molecule has 0 saturated carbocycles. The Bertz CT molecular complexity index is 379. The molecule has 1 aromatic heterocycles. The second-order valence-electron chi connectivity index (χ2n) is 4.68. The van der Waals surface area contributed by atoms with Crippen molar-refractivity contribution in [1.29, 1.82) is 0 Å². The molecule has 1 aromatic rings. The zero-order valence-electron chi connectivity index (χ0n) is 12.0. The van der Waals surface area contributed by atoms with Gasteiger partial charge >= 0.3 is 0 Å². The van der Waals surface area contributed by atoms with Crippen molar-refractivity contribution in [3.05, 3.63) is 16.4 Å². The van der Waals surface area contributed by atoms with Crippen LogP contribution in [0.1, 0.15) is 31.7 Å². The molecule has 0 aliphatic carbocycles. The zero-order valence-corrected chi connectivity index (χ0v) is 12.7. The molecule has 0 bridgehead atoms. The maximum absolute atomic E-state index is 6.29. The van der Waals surface area contributed by atoms with E-state index in [0.717, 1.165) is 35.8 Å². The SMILES string of the molecule is CCCNC(Cc1c(Cl)c(C)nn1C)C(C)OC. The molecule has 2 atom stereocenters. The summed E-state index contributed by atoms with van der Waals surface area (Å²) in [5.41, 5.74) is 1.94. The van der Waals surface area contributed by atoms with E-state index in [2.05, 4.69) is 24.3 Å². The number of methoxy groups -OCH3 is 1. The quantitative estimate of drug-likeness (QED) is 0.829. The van der Waals surface area contributed by atoms with Gasteiger partial charge < -0.3 is 10.1 Å². The molecule has 1 heterocycles. The highest BCUT2D eigenvalue weighted by Crippen LogP contribution is 2.21. The number of ether oxygens (including phenoxy) is 1. The molecular weight excluding hydrogens is 250 g/mol. The monoisotopic (exact) mass is 273 g/mol. The standard InChI is InChI=1S/C13H24ClN3O/c1-6-7-15-11(10(3)18-5)8-12-13(14)9(2)16-17(12)4/h10-11,15H,6-8H2,1-5H3. The Hall–Kier alpha value is -0.580. The second-order valence-corrected chi connectivity index (χ2v) is 5.05. The lowest BCUT2D eigenvalue weighted by atomic mass is 10.1. The normalized spacial score (nSPS) is 14.8. The average molecular weight is 274 g/mol. The van der Waals surface area contributed by atoms with Crippen LogP contribution in [0, 0.1) is 6.92 Å². The van der Waals surface area contributed by atoms with E-state index in [9.17, 15) is 0 Å². The fourth-order valence-corrected chi connectivity index (χ4v) is 2.25. The third-order valence-electron chi connectivity index (χ3n) is 3.27. The number of aromatic nitrogens is 2. The summed E-state index contributed by atoms with van der Waals surface area (Å²) in [6, 6.07) is 0.252. The first-order valence-electron chi connectivity index (χ1n) is 6.45. The van der Waals surface area contributed by atoms with Crippen molar-refractivity contribution in [2.75, 3.05) is 13.7 Å². The molecule has 104 valence electrons. The summed E-state index contributed by atoms with van der Waals surface area (Å²) in [5, 5.41) is 8.62. The van der Waals surface area contributed by atoms with Crippen LogP contribution in [0.2, 0.25) is 5.02 Å². The minimum absolute atomic E-state index is 0.142. The topological polar surface area (TPSA) is 39.1 Å². The second kappa shape index (κ2) is 7.12.